The van der Waals surface area contributed by atoms with E-state index in [0.29, 0.717) is 25.6 Å². The van der Waals surface area contributed by atoms with Crippen molar-refractivity contribution in [2.24, 2.45) is 11.7 Å². The molecule has 0 aromatic rings. The SMILES string of the molecule is CC(CN)CN1CC(=O)OCC1(C)C. The molecular formula is C10H20N2O2. The normalized spacial score (nSPS) is 24.4. The van der Waals surface area contributed by atoms with Crippen LogP contribution in [0.1, 0.15) is 20.8 Å². The van der Waals surface area contributed by atoms with Crippen LogP contribution >= 0.6 is 0 Å². The maximum absolute atomic E-state index is 11.1. The van der Waals surface area contributed by atoms with Crippen LogP contribution in [0.5, 0.6) is 0 Å². The summed E-state index contributed by atoms with van der Waals surface area (Å²) in [5, 5.41) is 0. The first-order valence-electron chi connectivity index (χ1n) is 5.06. The molecule has 0 saturated carbocycles. The smallest absolute Gasteiger partial charge is 0.320 e. The van der Waals surface area contributed by atoms with E-state index >= 15 is 0 Å². The Balaban J connectivity index is 2.58. The molecule has 2 N–H and O–H groups in total. The van der Waals surface area contributed by atoms with Gasteiger partial charge in [0.25, 0.3) is 0 Å². The van der Waals surface area contributed by atoms with Gasteiger partial charge in [-0.3, -0.25) is 9.69 Å². The van der Waals surface area contributed by atoms with Gasteiger partial charge < -0.3 is 10.5 Å². The monoisotopic (exact) mass is 200 g/mol. The van der Waals surface area contributed by atoms with E-state index in [1.54, 1.807) is 0 Å². The Morgan fingerprint density at radius 2 is 2.29 bits per heavy atom. The van der Waals surface area contributed by atoms with E-state index in [9.17, 15) is 4.79 Å². The summed E-state index contributed by atoms with van der Waals surface area (Å²) in [5.74, 6) is 0.286. The topological polar surface area (TPSA) is 55.6 Å². The molecule has 82 valence electrons. The minimum Gasteiger partial charge on any atom is -0.463 e. The number of rotatable bonds is 3. The minimum atomic E-state index is -0.131. The number of esters is 1. The molecule has 4 nitrogen and oxygen atoms in total. The van der Waals surface area contributed by atoms with Gasteiger partial charge in [0.1, 0.15) is 6.61 Å². The highest BCUT2D eigenvalue weighted by molar-refractivity contribution is 5.72. The van der Waals surface area contributed by atoms with Gasteiger partial charge in [-0.2, -0.15) is 0 Å². The third-order valence-electron chi connectivity index (χ3n) is 2.70. The van der Waals surface area contributed by atoms with Crippen molar-refractivity contribution >= 4 is 5.97 Å². The minimum absolute atomic E-state index is 0.0582. The van der Waals surface area contributed by atoms with Gasteiger partial charge in [0, 0.05) is 6.54 Å². The van der Waals surface area contributed by atoms with Crippen LogP contribution in [0.4, 0.5) is 0 Å². The molecule has 1 saturated heterocycles. The third-order valence-corrected chi connectivity index (χ3v) is 2.70. The first kappa shape index (κ1) is 11.5. The molecule has 14 heavy (non-hydrogen) atoms. The van der Waals surface area contributed by atoms with Crippen molar-refractivity contribution in [3.05, 3.63) is 0 Å². The summed E-state index contributed by atoms with van der Waals surface area (Å²) in [6, 6.07) is 0. The maximum Gasteiger partial charge on any atom is 0.320 e. The lowest BCUT2D eigenvalue weighted by Crippen LogP contribution is -2.56. The molecule has 1 fully saturated rings. The number of carbonyl (C=O) groups is 1. The quantitative estimate of drug-likeness (QED) is 0.662. The predicted octanol–water partition coefficient (Wildman–Crippen LogP) is 0.219. The van der Waals surface area contributed by atoms with Crippen LogP contribution in [-0.4, -0.2) is 42.6 Å². The molecule has 0 radical (unpaired) electrons. The van der Waals surface area contributed by atoms with Crippen LogP contribution in [0.25, 0.3) is 0 Å². The molecule has 4 heteroatoms. The molecule has 0 amide bonds. The first-order chi connectivity index (χ1) is 6.45. The van der Waals surface area contributed by atoms with E-state index in [1.165, 1.54) is 0 Å². The van der Waals surface area contributed by atoms with Gasteiger partial charge in [-0.15, -0.1) is 0 Å². The second kappa shape index (κ2) is 4.28. The number of ether oxygens (including phenoxy) is 1. The van der Waals surface area contributed by atoms with Crippen LogP contribution < -0.4 is 5.73 Å². The number of cyclic esters (lactones) is 1. The van der Waals surface area contributed by atoms with Crippen molar-refractivity contribution in [2.75, 3.05) is 26.2 Å². The summed E-state index contributed by atoms with van der Waals surface area (Å²) in [6.07, 6.45) is 0. The number of hydrogen-bond acceptors (Lipinski definition) is 4. The van der Waals surface area contributed by atoms with Crippen molar-refractivity contribution in [3.63, 3.8) is 0 Å². The Kier molecular flexibility index (Phi) is 3.50. The Labute approximate surface area is 85.4 Å². The molecule has 0 spiro atoms. The summed E-state index contributed by atoms with van der Waals surface area (Å²) >= 11 is 0. The lowest BCUT2D eigenvalue weighted by Gasteiger charge is -2.42. The van der Waals surface area contributed by atoms with Crippen LogP contribution in [0, 0.1) is 5.92 Å². The first-order valence-corrected chi connectivity index (χ1v) is 5.06. The second-order valence-corrected chi connectivity index (χ2v) is 4.69. The fourth-order valence-electron chi connectivity index (χ4n) is 1.53. The predicted molar refractivity (Wildman–Crippen MR) is 54.8 cm³/mol. The lowest BCUT2D eigenvalue weighted by molar-refractivity contribution is -0.160. The van der Waals surface area contributed by atoms with E-state index < -0.39 is 0 Å². The molecule has 1 atom stereocenters. The van der Waals surface area contributed by atoms with Gasteiger partial charge in [0.15, 0.2) is 0 Å². The van der Waals surface area contributed by atoms with Crippen molar-refractivity contribution in [3.8, 4) is 0 Å². The van der Waals surface area contributed by atoms with Crippen molar-refractivity contribution < 1.29 is 9.53 Å². The summed E-state index contributed by atoms with van der Waals surface area (Å²) < 4.78 is 5.03. The van der Waals surface area contributed by atoms with Crippen LogP contribution in [0.3, 0.4) is 0 Å². The molecular weight excluding hydrogens is 180 g/mol. The van der Waals surface area contributed by atoms with E-state index in [4.69, 9.17) is 10.5 Å². The molecule has 1 unspecified atom stereocenters. The van der Waals surface area contributed by atoms with Gasteiger partial charge in [-0.05, 0) is 26.3 Å². The third kappa shape index (κ3) is 2.69. The van der Waals surface area contributed by atoms with Gasteiger partial charge in [0.2, 0.25) is 0 Å². The van der Waals surface area contributed by atoms with Crippen molar-refractivity contribution in [1.82, 2.24) is 4.90 Å². The van der Waals surface area contributed by atoms with E-state index in [2.05, 4.69) is 25.7 Å². The molecule has 0 bridgehead atoms. The van der Waals surface area contributed by atoms with E-state index in [1.807, 2.05) is 0 Å². The highest BCUT2D eigenvalue weighted by Gasteiger charge is 2.35. The highest BCUT2D eigenvalue weighted by atomic mass is 16.5. The molecule has 0 aromatic heterocycles. The van der Waals surface area contributed by atoms with Gasteiger partial charge in [-0.1, -0.05) is 6.92 Å². The number of nitrogens with two attached hydrogens (primary N) is 1. The van der Waals surface area contributed by atoms with Crippen molar-refractivity contribution in [2.45, 2.75) is 26.3 Å². The summed E-state index contributed by atoms with van der Waals surface area (Å²) in [5.41, 5.74) is 5.51. The number of morpholine rings is 1. The zero-order valence-corrected chi connectivity index (χ0v) is 9.25. The number of carbonyl (C=O) groups excluding carboxylic acids is 1. The fourth-order valence-corrected chi connectivity index (χ4v) is 1.53. The van der Waals surface area contributed by atoms with Gasteiger partial charge in [0.05, 0.1) is 12.1 Å². The molecule has 1 aliphatic rings. The fraction of sp³-hybridized carbons (Fsp3) is 0.900. The van der Waals surface area contributed by atoms with Crippen LogP contribution in [-0.2, 0) is 9.53 Å². The highest BCUT2D eigenvalue weighted by Crippen LogP contribution is 2.20. The van der Waals surface area contributed by atoms with Gasteiger partial charge in [-0.25, -0.2) is 0 Å². The Morgan fingerprint density at radius 3 is 2.86 bits per heavy atom. The standard InChI is InChI=1S/C10H20N2O2/c1-8(4-11)5-12-6-9(13)14-7-10(12,2)3/h8H,4-7,11H2,1-3H3. The zero-order chi connectivity index (χ0) is 10.8. The molecule has 0 aliphatic carbocycles. The van der Waals surface area contributed by atoms with E-state index in [0.717, 1.165) is 6.54 Å². The Bertz CT molecular complexity index is 216. The Morgan fingerprint density at radius 1 is 1.64 bits per heavy atom. The average molecular weight is 200 g/mol. The molecule has 1 heterocycles. The number of nitrogens with zero attached hydrogens (tertiary/aromatic N) is 1. The Hall–Kier alpha value is -0.610. The van der Waals surface area contributed by atoms with Crippen molar-refractivity contribution in [1.29, 1.82) is 0 Å². The maximum atomic E-state index is 11.1. The molecule has 1 rings (SSSR count). The summed E-state index contributed by atoms with van der Waals surface area (Å²) in [4.78, 5) is 13.3. The zero-order valence-electron chi connectivity index (χ0n) is 9.25. The number of hydrogen-bond donors (Lipinski definition) is 1. The summed E-state index contributed by atoms with van der Waals surface area (Å²) in [6.45, 7) is 8.64. The van der Waals surface area contributed by atoms with Gasteiger partial charge >= 0.3 is 5.97 Å². The largest absolute Gasteiger partial charge is 0.463 e. The average Bonchev–Trinajstić information content (AvgIpc) is 2.12. The molecule has 1 aliphatic heterocycles. The summed E-state index contributed by atoms with van der Waals surface area (Å²) in [7, 11) is 0. The van der Waals surface area contributed by atoms with Crippen LogP contribution in [0.2, 0.25) is 0 Å². The molecule has 0 aromatic carbocycles. The van der Waals surface area contributed by atoms with E-state index in [-0.39, 0.29) is 11.5 Å². The second-order valence-electron chi connectivity index (χ2n) is 4.69. The lowest BCUT2D eigenvalue weighted by atomic mass is 10.00. The van der Waals surface area contributed by atoms with Crippen LogP contribution in [0.15, 0.2) is 0 Å².